The van der Waals surface area contributed by atoms with Gasteiger partial charge in [0.1, 0.15) is 11.9 Å². The van der Waals surface area contributed by atoms with Crippen LogP contribution in [0.5, 0.6) is 0 Å². The summed E-state index contributed by atoms with van der Waals surface area (Å²) in [5, 5.41) is 5.70. The van der Waals surface area contributed by atoms with E-state index in [1.165, 1.54) is 17.7 Å². The lowest BCUT2D eigenvalue weighted by atomic mass is 10.0. The Morgan fingerprint density at radius 3 is 2.23 bits per heavy atom. The second kappa shape index (κ2) is 7.07. The van der Waals surface area contributed by atoms with Crippen molar-refractivity contribution in [2.75, 3.05) is 10.6 Å². The zero-order chi connectivity index (χ0) is 16.1. The number of carbonyl (C=O) groups excluding carboxylic acids is 1. The lowest BCUT2D eigenvalue weighted by Gasteiger charge is -2.16. The van der Waals surface area contributed by atoms with Gasteiger partial charge in [-0.2, -0.15) is 0 Å². The Kier molecular flexibility index (Phi) is 5.15. The van der Waals surface area contributed by atoms with Crippen molar-refractivity contribution in [2.24, 2.45) is 0 Å². The molecule has 22 heavy (non-hydrogen) atoms. The van der Waals surface area contributed by atoms with Gasteiger partial charge in [0.15, 0.2) is 0 Å². The van der Waals surface area contributed by atoms with Crippen LogP contribution in [0.15, 0.2) is 48.5 Å². The first kappa shape index (κ1) is 16.0. The van der Waals surface area contributed by atoms with Crippen LogP contribution in [0.1, 0.15) is 32.3 Å². The quantitative estimate of drug-likeness (QED) is 0.860. The van der Waals surface area contributed by atoms with Gasteiger partial charge in [0.2, 0.25) is 5.91 Å². The van der Waals surface area contributed by atoms with Crippen molar-refractivity contribution in [3.05, 3.63) is 59.9 Å². The summed E-state index contributed by atoms with van der Waals surface area (Å²) in [6.45, 7) is 6.01. The van der Waals surface area contributed by atoms with Crippen LogP contribution in [0.25, 0.3) is 0 Å². The molecule has 0 fully saturated rings. The fourth-order valence-corrected chi connectivity index (χ4v) is 2.08. The van der Waals surface area contributed by atoms with E-state index in [2.05, 4.69) is 24.5 Å². The summed E-state index contributed by atoms with van der Waals surface area (Å²) in [5.74, 6) is -0.252. The van der Waals surface area contributed by atoms with E-state index in [4.69, 9.17) is 0 Å². The Balaban J connectivity index is 1.98. The molecule has 0 unspecified atom stereocenters. The second-order valence-electron chi connectivity index (χ2n) is 5.61. The number of amides is 1. The van der Waals surface area contributed by atoms with E-state index in [0.29, 0.717) is 5.92 Å². The summed E-state index contributed by atoms with van der Waals surface area (Å²) in [5.41, 5.74) is 2.30. The second-order valence-corrected chi connectivity index (χ2v) is 5.61. The standard InChI is InChI=1S/C18H21FN2O/c1-12(2)14-8-10-15(11-9-14)20-13(3)18(22)21-17-7-5-4-6-16(17)19/h4-13,20H,1-3H3,(H,21,22)/t13-/m1/s1. The first-order valence-corrected chi connectivity index (χ1v) is 7.39. The first-order chi connectivity index (χ1) is 10.5. The highest BCUT2D eigenvalue weighted by molar-refractivity contribution is 5.96. The van der Waals surface area contributed by atoms with Gasteiger partial charge in [-0.25, -0.2) is 4.39 Å². The molecular formula is C18H21FN2O. The summed E-state index contributed by atoms with van der Waals surface area (Å²) in [7, 11) is 0. The fourth-order valence-electron chi connectivity index (χ4n) is 2.08. The molecule has 2 rings (SSSR count). The van der Waals surface area contributed by atoms with Crippen molar-refractivity contribution in [1.82, 2.24) is 0 Å². The van der Waals surface area contributed by atoms with Crippen molar-refractivity contribution < 1.29 is 9.18 Å². The molecule has 0 aliphatic carbocycles. The van der Waals surface area contributed by atoms with Crippen LogP contribution in [-0.2, 0) is 4.79 Å². The monoisotopic (exact) mass is 300 g/mol. The minimum absolute atomic E-state index is 0.191. The van der Waals surface area contributed by atoms with Crippen LogP contribution in [0, 0.1) is 5.82 Å². The van der Waals surface area contributed by atoms with Gasteiger partial charge >= 0.3 is 0 Å². The van der Waals surface area contributed by atoms with Crippen LogP contribution < -0.4 is 10.6 Å². The highest BCUT2D eigenvalue weighted by Gasteiger charge is 2.14. The van der Waals surface area contributed by atoms with Crippen molar-refractivity contribution in [1.29, 1.82) is 0 Å². The lowest BCUT2D eigenvalue weighted by molar-refractivity contribution is -0.116. The van der Waals surface area contributed by atoms with Gasteiger partial charge in [-0.05, 0) is 42.7 Å². The third kappa shape index (κ3) is 4.07. The Bertz CT molecular complexity index is 638. The number of halogens is 1. The van der Waals surface area contributed by atoms with Crippen LogP contribution in [0.2, 0.25) is 0 Å². The van der Waals surface area contributed by atoms with E-state index in [9.17, 15) is 9.18 Å². The third-order valence-electron chi connectivity index (χ3n) is 3.49. The van der Waals surface area contributed by atoms with Gasteiger partial charge in [-0.3, -0.25) is 4.79 Å². The SMILES string of the molecule is CC(C)c1ccc(N[C@H](C)C(=O)Nc2ccccc2F)cc1. The minimum atomic E-state index is -0.468. The van der Waals surface area contributed by atoms with Crippen LogP contribution in [-0.4, -0.2) is 11.9 Å². The van der Waals surface area contributed by atoms with Gasteiger partial charge in [0.25, 0.3) is 0 Å². The van der Waals surface area contributed by atoms with E-state index in [-0.39, 0.29) is 11.6 Å². The molecule has 0 heterocycles. The average molecular weight is 300 g/mol. The van der Waals surface area contributed by atoms with E-state index < -0.39 is 11.9 Å². The predicted octanol–water partition coefficient (Wildman–Crippen LogP) is 4.39. The maximum atomic E-state index is 13.5. The summed E-state index contributed by atoms with van der Waals surface area (Å²) < 4.78 is 13.5. The first-order valence-electron chi connectivity index (χ1n) is 7.39. The molecule has 2 N–H and O–H groups in total. The molecule has 0 aliphatic rings. The maximum Gasteiger partial charge on any atom is 0.246 e. The summed E-state index contributed by atoms with van der Waals surface area (Å²) in [6.07, 6.45) is 0. The van der Waals surface area contributed by atoms with Crippen molar-refractivity contribution >= 4 is 17.3 Å². The maximum absolute atomic E-state index is 13.5. The number of para-hydroxylation sites is 1. The number of rotatable bonds is 5. The Hall–Kier alpha value is -2.36. The molecule has 2 aromatic carbocycles. The van der Waals surface area contributed by atoms with Crippen molar-refractivity contribution in [2.45, 2.75) is 32.7 Å². The zero-order valence-corrected chi connectivity index (χ0v) is 13.1. The van der Waals surface area contributed by atoms with E-state index in [0.717, 1.165) is 5.69 Å². The van der Waals surface area contributed by atoms with Gasteiger partial charge in [-0.1, -0.05) is 38.1 Å². The highest BCUT2D eigenvalue weighted by atomic mass is 19.1. The van der Waals surface area contributed by atoms with E-state index >= 15 is 0 Å². The molecule has 0 radical (unpaired) electrons. The molecule has 0 saturated heterocycles. The van der Waals surface area contributed by atoms with E-state index in [1.54, 1.807) is 19.1 Å². The van der Waals surface area contributed by atoms with Crippen LogP contribution in [0.3, 0.4) is 0 Å². The molecule has 1 amide bonds. The zero-order valence-electron chi connectivity index (χ0n) is 13.1. The van der Waals surface area contributed by atoms with Gasteiger partial charge < -0.3 is 10.6 Å². The third-order valence-corrected chi connectivity index (χ3v) is 3.49. The summed E-state index contributed by atoms with van der Waals surface area (Å²) in [6, 6.07) is 13.6. The Morgan fingerprint density at radius 1 is 1.00 bits per heavy atom. The molecule has 0 bridgehead atoms. The minimum Gasteiger partial charge on any atom is -0.374 e. The normalized spacial score (nSPS) is 12.0. The molecule has 4 heteroatoms. The van der Waals surface area contributed by atoms with Gasteiger partial charge in [0, 0.05) is 5.69 Å². The molecule has 2 aromatic rings. The fraction of sp³-hybridized carbons (Fsp3) is 0.278. The molecule has 0 spiro atoms. The highest BCUT2D eigenvalue weighted by Crippen LogP contribution is 2.18. The number of carbonyl (C=O) groups is 1. The molecule has 3 nitrogen and oxygen atoms in total. The smallest absolute Gasteiger partial charge is 0.246 e. The average Bonchev–Trinajstić information content (AvgIpc) is 2.50. The molecule has 1 atom stereocenters. The van der Waals surface area contributed by atoms with Crippen LogP contribution in [0.4, 0.5) is 15.8 Å². The van der Waals surface area contributed by atoms with Crippen molar-refractivity contribution in [3.8, 4) is 0 Å². The Labute approximate surface area is 130 Å². The number of anilines is 2. The van der Waals surface area contributed by atoms with Crippen molar-refractivity contribution in [3.63, 3.8) is 0 Å². The lowest BCUT2D eigenvalue weighted by Crippen LogP contribution is -2.32. The summed E-state index contributed by atoms with van der Waals surface area (Å²) >= 11 is 0. The number of benzene rings is 2. The number of hydrogen-bond donors (Lipinski definition) is 2. The molecular weight excluding hydrogens is 279 g/mol. The van der Waals surface area contributed by atoms with Crippen LogP contribution >= 0.6 is 0 Å². The van der Waals surface area contributed by atoms with E-state index in [1.807, 2.05) is 24.3 Å². The largest absolute Gasteiger partial charge is 0.374 e. The molecule has 116 valence electrons. The molecule has 0 saturated carbocycles. The number of hydrogen-bond acceptors (Lipinski definition) is 2. The Morgan fingerprint density at radius 2 is 1.64 bits per heavy atom. The topological polar surface area (TPSA) is 41.1 Å². The number of nitrogens with one attached hydrogen (secondary N) is 2. The van der Waals surface area contributed by atoms with Gasteiger partial charge in [-0.15, -0.1) is 0 Å². The summed E-state index contributed by atoms with van der Waals surface area (Å²) in [4.78, 5) is 12.1. The predicted molar refractivity (Wildman–Crippen MR) is 88.6 cm³/mol. The molecule has 0 aliphatic heterocycles. The molecule has 0 aromatic heterocycles. The van der Waals surface area contributed by atoms with Gasteiger partial charge in [0.05, 0.1) is 5.69 Å².